The van der Waals surface area contributed by atoms with Gasteiger partial charge in [0.15, 0.2) is 5.11 Å². The van der Waals surface area contributed by atoms with Crippen molar-refractivity contribution in [2.45, 2.75) is 25.9 Å². The molecule has 0 amide bonds. The van der Waals surface area contributed by atoms with Gasteiger partial charge in [-0.1, -0.05) is 29.8 Å². The SMILES string of the molecule is Cc1cccc(N2C(=S)N[C@H](c3ccccn3)[C@@H]2c2cccn2-c2ccc(Cl)c(C)c2)c1. The topological polar surface area (TPSA) is 33.1 Å². The van der Waals surface area contributed by atoms with Crippen molar-refractivity contribution in [3.63, 3.8) is 0 Å². The lowest BCUT2D eigenvalue weighted by Crippen LogP contribution is -2.30. The molecule has 4 aromatic rings. The third kappa shape index (κ3) is 3.68. The number of hydrogen-bond acceptors (Lipinski definition) is 2. The number of pyridine rings is 1. The van der Waals surface area contributed by atoms with E-state index in [4.69, 9.17) is 23.8 Å². The maximum Gasteiger partial charge on any atom is 0.174 e. The molecule has 1 saturated heterocycles. The van der Waals surface area contributed by atoms with Gasteiger partial charge < -0.3 is 14.8 Å². The minimum Gasteiger partial charge on any atom is -0.351 e. The zero-order chi connectivity index (χ0) is 22.2. The normalized spacial score (nSPS) is 18.1. The van der Waals surface area contributed by atoms with Crippen LogP contribution in [0, 0.1) is 13.8 Å². The van der Waals surface area contributed by atoms with Gasteiger partial charge in [-0.2, -0.15) is 0 Å². The van der Waals surface area contributed by atoms with E-state index < -0.39 is 0 Å². The van der Waals surface area contributed by atoms with Crippen molar-refractivity contribution < 1.29 is 0 Å². The van der Waals surface area contributed by atoms with Crippen molar-refractivity contribution in [2.24, 2.45) is 0 Å². The highest BCUT2D eigenvalue weighted by atomic mass is 35.5. The number of halogens is 1. The summed E-state index contributed by atoms with van der Waals surface area (Å²) >= 11 is 12.1. The van der Waals surface area contributed by atoms with Gasteiger partial charge in [0, 0.05) is 34.5 Å². The zero-order valence-corrected chi connectivity index (χ0v) is 19.4. The molecule has 3 heterocycles. The van der Waals surface area contributed by atoms with Crippen LogP contribution < -0.4 is 10.2 Å². The van der Waals surface area contributed by atoms with E-state index in [1.54, 1.807) is 0 Å². The van der Waals surface area contributed by atoms with Crippen LogP contribution in [0.25, 0.3) is 5.69 Å². The zero-order valence-electron chi connectivity index (χ0n) is 17.9. The molecule has 0 unspecified atom stereocenters. The summed E-state index contributed by atoms with van der Waals surface area (Å²) in [6.45, 7) is 4.12. The van der Waals surface area contributed by atoms with Crippen LogP contribution in [-0.4, -0.2) is 14.7 Å². The number of aromatic nitrogens is 2. The Morgan fingerprint density at radius 2 is 1.81 bits per heavy atom. The average Bonchev–Trinajstić information content (AvgIpc) is 3.40. The summed E-state index contributed by atoms with van der Waals surface area (Å²) in [5.41, 5.74) is 6.43. The van der Waals surface area contributed by atoms with Crippen LogP contribution in [0.15, 0.2) is 85.2 Å². The van der Waals surface area contributed by atoms with Gasteiger partial charge in [-0.05, 0) is 91.8 Å². The third-order valence-electron chi connectivity index (χ3n) is 5.88. The molecule has 160 valence electrons. The summed E-state index contributed by atoms with van der Waals surface area (Å²) in [5, 5.41) is 4.99. The molecule has 0 bridgehead atoms. The fraction of sp³-hybridized carbons (Fsp3) is 0.154. The second kappa shape index (κ2) is 8.41. The standard InChI is InChI=1S/C26H23ClN4S/c1-17-7-5-8-20(15-17)31-25(24(29-26(31)32)22-9-3-4-13-28-22)23-10-6-14-30(23)19-11-12-21(27)18(2)16-19/h3-16,24-25H,1-2H3,(H,29,32)/t24-,25+/m1/s1. The summed E-state index contributed by atoms with van der Waals surface area (Å²) in [6.07, 6.45) is 3.91. The molecule has 0 saturated carbocycles. The molecular formula is C26H23ClN4S. The van der Waals surface area contributed by atoms with Crippen LogP contribution in [0.2, 0.25) is 5.02 Å². The van der Waals surface area contributed by atoms with E-state index in [-0.39, 0.29) is 12.1 Å². The molecule has 2 aromatic carbocycles. The Morgan fingerprint density at radius 1 is 0.938 bits per heavy atom. The van der Waals surface area contributed by atoms with E-state index >= 15 is 0 Å². The fourth-order valence-electron chi connectivity index (χ4n) is 4.36. The summed E-state index contributed by atoms with van der Waals surface area (Å²) in [5.74, 6) is 0. The molecule has 1 aliphatic rings. The Kier molecular flexibility index (Phi) is 5.45. The van der Waals surface area contributed by atoms with Crippen LogP contribution in [0.4, 0.5) is 5.69 Å². The molecule has 2 atom stereocenters. The summed E-state index contributed by atoms with van der Waals surface area (Å²) in [6, 6.07) is 24.6. The molecule has 32 heavy (non-hydrogen) atoms. The molecule has 2 aromatic heterocycles. The number of rotatable bonds is 4. The monoisotopic (exact) mass is 458 g/mol. The number of hydrogen-bond donors (Lipinski definition) is 1. The van der Waals surface area contributed by atoms with Gasteiger partial charge in [0.1, 0.15) is 6.04 Å². The molecular weight excluding hydrogens is 436 g/mol. The largest absolute Gasteiger partial charge is 0.351 e. The van der Waals surface area contributed by atoms with Crippen molar-refractivity contribution >= 4 is 34.6 Å². The number of nitrogens with one attached hydrogen (secondary N) is 1. The lowest BCUT2D eigenvalue weighted by molar-refractivity contribution is 0.549. The Balaban J connectivity index is 1.68. The number of nitrogens with zero attached hydrogens (tertiary/aromatic N) is 3. The van der Waals surface area contributed by atoms with Crippen LogP contribution in [0.5, 0.6) is 0 Å². The van der Waals surface area contributed by atoms with Crippen LogP contribution in [-0.2, 0) is 0 Å². The molecule has 1 N–H and O–H groups in total. The Hall–Kier alpha value is -3.15. The smallest absolute Gasteiger partial charge is 0.174 e. The van der Waals surface area contributed by atoms with E-state index in [9.17, 15) is 0 Å². The summed E-state index contributed by atoms with van der Waals surface area (Å²) in [4.78, 5) is 6.86. The minimum absolute atomic E-state index is 0.0785. The van der Waals surface area contributed by atoms with E-state index in [0.29, 0.717) is 5.11 Å². The number of thiocarbonyl (C=S) groups is 1. The van der Waals surface area contributed by atoms with Crippen LogP contribution in [0.1, 0.15) is 34.6 Å². The average molecular weight is 459 g/mol. The Morgan fingerprint density at radius 3 is 2.56 bits per heavy atom. The molecule has 1 fully saturated rings. The van der Waals surface area contributed by atoms with Gasteiger partial charge in [0.2, 0.25) is 0 Å². The number of anilines is 1. The predicted molar refractivity (Wildman–Crippen MR) is 135 cm³/mol. The molecule has 0 spiro atoms. The van der Waals surface area contributed by atoms with Crippen molar-refractivity contribution in [1.82, 2.24) is 14.9 Å². The molecule has 6 heteroatoms. The fourth-order valence-corrected chi connectivity index (χ4v) is 4.82. The molecule has 0 aliphatic carbocycles. The third-order valence-corrected chi connectivity index (χ3v) is 6.62. The van der Waals surface area contributed by atoms with E-state index in [0.717, 1.165) is 33.3 Å². The highest BCUT2D eigenvalue weighted by molar-refractivity contribution is 7.80. The highest BCUT2D eigenvalue weighted by Gasteiger charge is 2.42. The molecule has 4 nitrogen and oxygen atoms in total. The van der Waals surface area contributed by atoms with Gasteiger partial charge in [0.25, 0.3) is 0 Å². The van der Waals surface area contributed by atoms with Crippen molar-refractivity contribution in [1.29, 1.82) is 0 Å². The minimum atomic E-state index is -0.0914. The maximum absolute atomic E-state index is 6.30. The number of aryl methyl sites for hydroxylation is 2. The van der Waals surface area contributed by atoms with Gasteiger partial charge >= 0.3 is 0 Å². The summed E-state index contributed by atoms with van der Waals surface area (Å²) in [7, 11) is 0. The van der Waals surface area contributed by atoms with Crippen molar-refractivity contribution in [3.05, 3.63) is 113 Å². The predicted octanol–water partition coefficient (Wildman–Crippen LogP) is 6.32. The van der Waals surface area contributed by atoms with Gasteiger partial charge in [-0.25, -0.2) is 0 Å². The first-order chi connectivity index (χ1) is 15.5. The number of benzene rings is 2. The van der Waals surface area contributed by atoms with E-state index in [1.165, 1.54) is 5.56 Å². The van der Waals surface area contributed by atoms with E-state index in [2.05, 4.69) is 75.4 Å². The first-order valence-corrected chi connectivity index (χ1v) is 11.3. The molecule has 1 aliphatic heterocycles. The Labute approximate surface area is 198 Å². The van der Waals surface area contributed by atoms with Gasteiger partial charge in [-0.15, -0.1) is 0 Å². The van der Waals surface area contributed by atoms with Crippen LogP contribution in [0.3, 0.4) is 0 Å². The molecule has 5 rings (SSSR count). The van der Waals surface area contributed by atoms with Crippen molar-refractivity contribution in [2.75, 3.05) is 4.90 Å². The van der Waals surface area contributed by atoms with Crippen molar-refractivity contribution in [3.8, 4) is 5.69 Å². The first-order valence-electron chi connectivity index (χ1n) is 10.5. The second-order valence-corrected chi connectivity index (χ2v) is 8.87. The second-order valence-electron chi connectivity index (χ2n) is 8.07. The first kappa shape index (κ1) is 20.7. The Bertz CT molecular complexity index is 1280. The van der Waals surface area contributed by atoms with Gasteiger partial charge in [-0.3, -0.25) is 4.98 Å². The summed E-state index contributed by atoms with van der Waals surface area (Å²) < 4.78 is 2.21. The quantitative estimate of drug-likeness (QED) is 0.363. The lowest BCUT2D eigenvalue weighted by Gasteiger charge is -2.29. The van der Waals surface area contributed by atoms with E-state index in [1.807, 2.05) is 43.5 Å². The highest BCUT2D eigenvalue weighted by Crippen LogP contribution is 2.42. The lowest BCUT2D eigenvalue weighted by atomic mass is 10.0. The maximum atomic E-state index is 6.30. The van der Waals surface area contributed by atoms with Gasteiger partial charge in [0.05, 0.1) is 11.7 Å². The van der Waals surface area contributed by atoms with Crippen LogP contribution >= 0.6 is 23.8 Å². The molecule has 0 radical (unpaired) electrons.